The van der Waals surface area contributed by atoms with Crippen LogP contribution in [0.25, 0.3) is 0 Å². The van der Waals surface area contributed by atoms with Gasteiger partial charge in [0.2, 0.25) is 10.0 Å². The third kappa shape index (κ3) is 3.28. The highest BCUT2D eigenvalue weighted by Crippen LogP contribution is 2.20. The minimum absolute atomic E-state index is 0.310. The van der Waals surface area contributed by atoms with Crippen molar-refractivity contribution < 1.29 is 12.8 Å². The average molecular weight is 337 g/mol. The van der Waals surface area contributed by atoms with Gasteiger partial charge in [-0.05, 0) is 46.6 Å². The summed E-state index contributed by atoms with van der Waals surface area (Å²) in [7, 11) is -3.47. The van der Waals surface area contributed by atoms with E-state index in [0.29, 0.717) is 30.5 Å². The molecular weight excluding hydrogens is 323 g/mol. The van der Waals surface area contributed by atoms with E-state index < -0.39 is 15.3 Å². The van der Waals surface area contributed by atoms with Crippen molar-refractivity contribution in [3.8, 4) is 0 Å². The summed E-state index contributed by atoms with van der Waals surface area (Å²) in [6.45, 7) is 1.62. The van der Waals surface area contributed by atoms with Gasteiger partial charge < -0.3 is 0 Å². The van der Waals surface area contributed by atoms with Crippen LogP contribution in [0.3, 0.4) is 0 Å². The smallest absolute Gasteiger partial charge is 0.213 e. The minimum atomic E-state index is -3.47. The lowest BCUT2D eigenvalue weighted by Gasteiger charge is -2.15. The van der Waals surface area contributed by atoms with Crippen LogP contribution >= 0.6 is 15.9 Å². The molecule has 0 saturated carbocycles. The summed E-state index contributed by atoms with van der Waals surface area (Å²) in [5.74, 6) is -0.310. The first kappa shape index (κ1) is 13.9. The monoisotopic (exact) mass is 336 g/mol. The average Bonchev–Trinajstić information content (AvgIpc) is 2.72. The van der Waals surface area contributed by atoms with Gasteiger partial charge in [0.1, 0.15) is 5.82 Å². The second kappa shape index (κ2) is 5.24. The maximum atomic E-state index is 13.3. The SMILES string of the molecule is NS(=O)(=O)[C@H]1CCN(Cc2ccc(Br)c(F)c2)C1. The van der Waals surface area contributed by atoms with Crippen molar-refractivity contribution in [2.45, 2.75) is 18.2 Å². The molecule has 1 aliphatic heterocycles. The fourth-order valence-electron chi connectivity index (χ4n) is 2.11. The Morgan fingerprint density at radius 3 is 2.78 bits per heavy atom. The zero-order valence-electron chi connectivity index (χ0n) is 9.64. The highest BCUT2D eigenvalue weighted by Gasteiger charge is 2.30. The molecule has 100 valence electrons. The van der Waals surface area contributed by atoms with Crippen LogP contribution in [0.1, 0.15) is 12.0 Å². The Bertz CT molecular complexity index is 550. The first-order valence-electron chi connectivity index (χ1n) is 5.54. The van der Waals surface area contributed by atoms with Gasteiger partial charge >= 0.3 is 0 Å². The zero-order chi connectivity index (χ0) is 13.3. The van der Waals surface area contributed by atoms with Gasteiger partial charge in [0.05, 0.1) is 9.72 Å². The largest absolute Gasteiger partial charge is 0.298 e. The van der Waals surface area contributed by atoms with E-state index in [1.54, 1.807) is 6.07 Å². The number of hydrogen-bond donors (Lipinski definition) is 1. The van der Waals surface area contributed by atoms with Gasteiger partial charge in [-0.25, -0.2) is 17.9 Å². The third-order valence-electron chi connectivity index (χ3n) is 3.08. The summed E-state index contributed by atoms with van der Waals surface area (Å²) in [6, 6.07) is 4.92. The van der Waals surface area contributed by atoms with E-state index in [9.17, 15) is 12.8 Å². The molecule has 18 heavy (non-hydrogen) atoms. The van der Waals surface area contributed by atoms with E-state index >= 15 is 0 Å². The molecule has 2 N–H and O–H groups in total. The van der Waals surface area contributed by atoms with Crippen LogP contribution in [-0.4, -0.2) is 31.7 Å². The third-order valence-corrected chi connectivity index (χ3v) is 5.04. The van der Waals surface area contributed by atoms with Gasteiger partial charge in [-0.1, -0.05) is 6.07 Å². The Hall–Kier alpha value is -0.500. The standard InChI is InChI=1S/C11H14BrFN2O2S/c12-10-2-1-8(5-11(10)13)6-15-4-3-9(7-15)18(14,16)17/h1-2,5,9H,3-4,6-7H2,(H2,14,16,17)/t9-/m0/s1. The summed E-state index contributed by atoms with van der Waals surface area (Å²) in [5, 5.41) is 4.62. The quantitative estimate of drug-likeness (QED) is 0.908. The van der Waals surface area contributed by atoms with E-state index in [0.717, 1.165) is 5.56 Å². The van der Waals surface area contributed by atoms with Gasteiger partial charge in [-0.15, -0.1) is 0 Å². The molecule has 2 rings (SSSR count). The Balaban J connectivity index is 2.01. The fourth-order valence-corrected chi connectivity index (χ4v) is 3.20. The Morgan fingerprint density at radius 2 is 2.22 bits per heavy atom. The van der Waals surface area contributed by atoms with E-state index in [2.05, 4.69) is 15.9 Å². The lowest BCUT2D eigenvalue weighted by atomic mass is 10.2. The maximum Gasteiger partial charge on any atom is 0.213 e. The first-order valence-corrected chi connectivity index (χ1v) is 7.94. The van der Waals surface area contributed by atoms with Crippen molar-refractivity contribution in [3.05, 3.63) is 34.1 Å². The maximum absolute atomic E-state index is 13.3. The van der Waals surface area contributed by atoms with Crippen molar-refractivity contribution in [1.29, 1.82) is 0 Å². The van der Waals surface area contributed by atoms with Crippen LogP contribution in [0.15, 0.2) is 22.7 Å². The van der Waals surface area contributed by atoms with Crippen molar-refractivity contribution in [1.82, 2.24) is 4.90 Å². The summed E-state index contributed by atoms with van der Waals surface area (Å²) in [6.07, 6.45) is 0.540. The summed E-state index contributed by atoms with van der Waals surface area (Å²) in [5.41, 5.74) is 0.825. The molecule has 1 fully saturated rings. The number of hydrogen-bond acceptors (Lipinski definition) is 3. The molecule has 0 amide bonds. The predicted molar refractivity (Wildman–Crippen MR) is 70.9 cm³/mol. The van der Waals surface area contributed by atoms with Gasteiger partial charge in [-0.2, -0.15) is 0 Å². The lowest BCUT2D eigenvalue weighted by Crippen LogP contribution is -2.31. The van der Waals surface area contributed by atoms with Crippen molar-refractivity contribution >= 4 is 26.0 Å². The second-order valence-electron chi connectivity index (χ2n) is 4.48. The summed E-state index contributed by atoms with van der Waals surface area (Å²) in [4.78, 5) is 1.97. The molecular formula is C11H14BrFN2O2S. The number of benzene rings is 1. The fraction of sp³-hybridized carbons (Fsp3) is 0.455. The first-order chi connectivity index (χ1) is 8.36. The molecule has 1 aromatic carbocycles. The van der Waals surface area contributed by atoms with E-state index in [-0.39, 0.29) is 5.82 Å². The molecule has 4 nitrogen and oxygen atoms in total. The molecule has 1 heterocycles. The van der Waals surface area contributed by atoms with Gasteiger partial charge in [0.25, 0.3) is 0 Å². The molecule has 0 aromatic heterocycles. The van der Waals surface area contributed by atoms with E-state index in [1.165, 1.54) is 6.07 Å². The lowest BCUT2D eigenvalue weighted by molar-refractivity contribution is 0.331. The molecule has 0 bridgehead atoms. The Labute approximate surface area is 114 Å². The van der Waals surface area contributed by atoms with Crippen molar-refractivity contribution in [2.24, 2.45) is 5.14 Å². The number of likely N-dealkylation sites (tertiary alicyclic amines) is 1. The highest BCUT2D eigenvalue weighted by molar-refractivity contribution is 9.10. The highest BCUT2D eigenvalue weighted by atomic mass is 79.9. The van der Waals surface area contributed by atoms with E-state index in [4.69, 9.17) is 5.14 Å². The molecule has 7 heteroatoms. The van der Waals surface area contributed by atoms with Crippen LogP contribution in [0.5, 0.6) is 0 Å². The molecule has 0 spiro atoms. The Kier molecular flexibility index (Phi) is 4.05. The predicted octanol–water partition coefficient (Wildman–Crippen LogP) is 1.45. The van der Waals surface area contributed by atoms with Gasteiger partial charge in [-0.3, -0.25) is 4.90 Å². The molecule has 0 aliphatic carbocycles. The number of nitrogens with zero attached hydrogens (tertiary/aromatic N) is 1. The van der Waals surface area contributed by atoms with E-state index in [1.807, 2.05) is 11.0 Å². The molecule has 0 unspecified atom stereocenters. The van der Waals surface area contributed by atoms with Crippen LogP contribution in [0.4, 0.5) is 4.39 Å². The second-order valence-corrected chi connectivity index (χ2v) is 7.18. The summed E-state index contributed by atoms with van der Waals surface area (Å²) < 4.78 is 36.2. The minimum Gasteiger partial charge on any atom is -0.298 e. The Morgan fingerprint density at radius 1 is 1.50 bits per heavy atom. The van der Waals surface area contributed by atoms with Crippen LogP contribution in [0, 0.1) is 5.82 Å². The van der Waals surface area contributed by atoms with Crippen molar-refractivity contribution in [2.75, 3.05) is 13.1 Å². The number of sulfonamides is 1. The number of halogens is 2. The molecule has 1 aliphatic rings. The summed E-state index contributed by atoms with van der Waals surface area (Å²) >= 11 is 3.09. The topological polar surface area (TPSA) is 63.4 Å². The van der Waals surface area contributed by atoms with Gasteiger partial charge in [0.15, 0.2) is 0 Å². The van der Waals surface area contributed by atoms with Crippen molar-refractivity contribution in [3.63, 3.8) is 0 Å². The van der Waals surface area contributed by atoms with Crippen LogP contribution in [-0.2, 0) is 16.6 Å². The number of rotatable bonds is 3. The zero-order valence-corrected chi connectivity index (χ0v) is 12.0. The van der Waals surface area contributed by atoms with Crippen LogP contribution < -0.4 is 5.14 Å². The molecule has 1 atom stereocenters. The molecule has 0 radical (unpaired) electrons. The van der Waals surface area contributed by atoms with Gasteiger partial charge in [0, 0.05) is 13.1 Å². The normalized spacial score (nSPS) is 21.4. The molecule has 1 saturated heterocycles. The molecule has 1 aromatic rings. The number of primary sulfonamides is 1. The number of nitrogens with two attached hydrogens (primary N) is 1. The van der Waals surface area contributed by atoms with Crippen LogP contribution in [0.2, 0.25) is 0 Å².